The number of carbonyl (C=O) groups excluding carboxylic acids is 1. The number of hydrogen-bond donors (Lipinski definition) is 1. The summed E-state index contributed by atoms with van der Waals surface area (Å²) in [6.45, 7) is -0.601. The second-order valence-electron chi connectivity index (χ2n) is 4.50. The number of hydrogen-bond acceptors (Lipinski definition) is 2. The minimum atomic E-state index is -5.91. The highest BCUT2D eigenvalue weighted by molar-refractivity contribution is 5.84. The fourth-order valence-corrected chi connectivity index (χ4v) is 2.04. The average molecular weight is 295 g/mol. The Kier molecular flexibility index (Phi) is 3.35. The number of rotatable bonds is 1. The van der Waals surface area contributed by atoms with E-state index in [-0.39, 0.29) is 25.3 Å². The van der Waals surface area contributed by atoms with Gasteiger partial charge in [0, 0.05) is 13.1 Å². The van der Waals surface area contributed by atoms with Crippen LogP contribution in [0.5, 0.6) is 5.75 Å². The number of phenolic OH excluding ortho intramolecular Hbond substituents is 1. The summed E-state index contributed by atoms with van der Waals surface area (Å²) in [6, 6.07) is 4.19. The number of fused-ring (bicyclic) bond motifs is 1. The fourth-order valence-electron chi connectivity index (χ4n) is 2.04. The number of benzene rings is 1. The molecule has 1 heterocycles. The van der Waals surface area contributed by atoms with Crippen molar-refractivity contribution >= 4 is 5.91 Å². The first-order valence-electron chi connectivity index (χ1n) is 5.67. The summed E-state index contributed by atoms with van der Waals surface area (Å²) < 4.78 is 62.5. The zero-order valence-electron chi connectivity index (χ0n) is 10.0. The van der Waals surface area contributed by atoms with Crippen LogP contribution in [0.1, 0.15) is 11.1 Å². The Hall–Kier alpha value is -1.86. The molecule has 0 atom stereocenters. The molecule has 2 rings (SSSR count). The molecule has 20 heavy (non-hydrogen) atoms. The SMILES string of the molecule is O=C(N1CCc2ccc(O)cc2C1)C(F)(F)C(F)(F)F. The maximum atomic E-state index is 13.0. The summed E-state index contributed by atoms with van der Waals surface area (Å²) in [4.78, 5) is 11.8. The van der Waals surface area contributed by atoms with Crippen LogP contribution in [0.25, 0.3) is 0 Å². The number of alkyl halides is 5. The molecule has 0 saturated heterocycles. The number of carbonyl (C=O) groups is 1. The van der Waals surface area contributed by atoms with E-state index in [2.05, 4.69) is 0 Å². The van der Waals surface area contributed by atoms with Crippen molar-refractivity contribution < 1.29 is 31.9 Å². The first-order valence-corrected chi connectivity index (χ1v) is 5.67. The lowest BCUT2D eigenvalue weighted by molar-refractivity contribution is -0.274. The normalized spacial score (nSPS) is 15.9. The Morgan fingerprint density at radius 3 is 2.40 bits per heavy atom. The van der Waals surface area contributed by atoms with Crippen molar-refractivity contribution in [2.45, 2.75) is 25.1 Å². The van der Waals surface area contributed by atoms with Gasteiger partial charge in [-0.15, -0.1) is 0 Å². The highest BCUT2D eigenvalue weighted by Gasteiger charge is 2.64. The zero-order valence-corrected chi connectivity index (χ0v) is 10.0. The van der Waals surface area contributed by atoms with Gasteiger partial charge in [0.15, 0.2) is 0 Å². The maximum Gasteiger partial charge on any atom is 0.463 e. The van der Waals surface area contributed by atoms with E-state index in [1.165, 1.54) is 12.1 Å². The van der Waals surface area contributed by atoms with Crippen molar-refractivity contribution in [3.05, 3.63) is 29.3 Å². The lowest BCUT2D eigenvalue weighted by Gasteiger charge is -2.32. The van der Waals surface area contributed by atoms with Gasteiger partial charge in [-0.25, -0.2) is 0 Å². The molecule has 1 amide bonds. The molecule has 0 aromatic heterocycles. The maximum absolute atomic E-state index is 13.0. The Morgan fingerprint density at radius 2 is 1.80 bits per heavy atom. The van der Waals surface area contributed by atoms with E-state index >= 15 is 0 Å². The van der Waals surface area contributed by atoms with Gasteiger partial charge < -0.3 is 10.0 Å². The number of amides is 1. The van der Waals surface area contributed by atoms with Crippen LogP contribution in [-0.4, -0.2) is 34.6 Å². The van der Waals surface area contributed by atoms with Gasteiger partial charge in [0.2, 0.25) is 0 Å². The van der Waals surface area contributed by atoms with Crippen LogP contribution in [0.15, 0.2) is 18.2 Å². The van der Waals surface area contributed by atoms with Gasteiger partial charge in [0.05, 0.1) is 0 Å². The van der Waals surface area contributed by atoms with Crippen LogP contribution in [0.4, 0.5) is 22.0 Å². The van der Waals surface area contributed by atoms with Gasteiger partial charge in [-0.3, -0.25) is 4.79 Å². The monoisotopic (exact) mass is 295 g/mol. The van der Waals surface area contributed by atoms with E-state index in [0.29, 0.717) is 16.0 Å². The zero-order chi connectivity index (χ0) is 15.1. The molecule has 8 heteroatoms. The summed E-state index contributed by atoms with van der Waals surface area (Å²) in [6.07, 6.45) is -5.75. The highest BCUT2D eigenvalue weighted by Crippen LogP contribution is 2.38. The van der Waals surface area contributed by atoms with Gasteiger partial charge >= 0.3 is 18.0 Å². The Balaban J connectivity index is 2.23. The second-order valence-corrected chi connectivity index (χ2v) is 4.50. The molecular weight excluding hydrogens is 285 g/mol. The molecule has 0 aliphatic carbocycles. The molecule has 1 aromatic carbocycles. The molecule has 0 saturated carbocycles. The Bertz CT molecular complexity index is 541. The highest BCUT2D eigenvalue weighted by atomic mass is 19.4. The van der Waals surface area contributed by atoms with Crippen molar-refractivity contribution in [1.82, 2.24) is 4.90 Å². The van der Waals surface area contributed by atoms with Crippen molar-refractivity contribution in [3.8, 4) is 5.75 Å². The lowest BCUT2D eigenvalue weighted by atomic mass is 9.99. The summed E-state index contributed by atoms with van der Waals surface area (Å²) in [5, 5.41) is 9.27. The first-order chi connectivity index (χ1) is 9.13. The van der Waals surface area contributed by atoms with Crippen LogP contribution in [-0.2, 0) is 17.8 Å². The average Bonchev–Trinajstić information content (AvgIpc) is 2.35. The summed E-state index contributed by atoms with van der Waals surface area (Å²) in [5.41, 5.74) is 1.07. The van der Waals surface area contributed by atoms with E-state index in [1.807, 2.05) is 0 Å². The number of aromatic hydroxyl groups is 1. The molecule has 1 aliphatic heterocycles. The summed E-state index contributed by atoms with van der Waals surface area (Å²) >= 11 is 0. The molecule has 110 valence electrons. The topological polar surface area (TPSA) is 40.5 Å². The first kappa shape index (κ1) is 14.5. The standard InChI is InChI=1S/C12H10F5NO2/c13-11(14,12(15,16)17)10(20)18-4-3-7-1-2-9(19)5-8(7)6-18/h1-2,5,19H,3-4,6H2. The molecule has 0 fully saturated rings. The van der Waals surface area contributed by atoms with Gasteiger partial charge in [0.1, 0.15) is 5.75 Å². The predicted molar refractivity (Wildman–Crippen MR) is 58.2 cm³/mol. The van der Waals surface area contributed by atoms with E-state index in [0.717, 1.165) is 0 Å². The van der Waals surface area contributed by atoms with Crippen LogP contribution in [0, 0.1) is 0 Å². The van der Waals surface area contributed by atoms with Crippen molar-refractivity contribution in [2.24, 2.45) is 0 Å². The molecule has 0 spiro atoms. The van der Waals surface area contributed by atoms with Gasteiger partial charge in [-0.05, 0) is 29.7 Å². The second kappa shape index (κ2) is 4.60. The van der Waals surface area contributed by atoms with E-state index < -0.39 is 18.0 Å². The predicted octanol–water partition coefficient (Wildman–Crippen LogP) is 2.47. The van der Waals surface area contributed by atoms with Crippen LogP contribution in [0.2, 0.25) is 0 Å². The van der Waals surface area contributed by atoms with Gasteiger partial charge in [-0.1, -0.05) is 6.07 Å². The molecule has 1 aliphatic rings. The van der Waals surface area contributed by atoms with Crippen molar-refractivity contribution in [3.63, 3.8) is 0 Å². The Morgan fingerprint density at radius 1 is 1.15 bits per heavy atom. The van der Waals surface area contributed by atoms with Crippen LogP contribution in [0.3, 0.4) is 0 Å². The molecular formula is C12H10F5NO2. The van der Waals surface area contributed by atoms with Crippen molar-refractivity contribution in [1.29, 1.82) is 0 Å². The molecule has 0 bridgehead atoms. The summed E-state index contributed by atoms with van der Waals surface area (Å²) in [7, 11) is 0. The largest absolute Gasteiger partial charge is 0.508 e. The van der Waals surface area contributed by atoms with E-state index in [9.17, 15) is 31.9 Å². The molecule has 0 unspecified atom stereocenters. The quantitative estimate of drug-likeness (QED) is 0.809. The molecule has 1 N–H and O–H groups in total. The van der Waals surface area contributed by atoms with E-state index in [1.54, 1.807) is 6.07 Å². The third-order valence-electron chi connectivity index (χ3n) is 3.11. The number of nitrogens with zero attached hydrogens (tertiary/aromatic N) is 1. The molecule has 3 nitrogen and oxygen atoms in total. The molecule has 1 aromatic rings. The van der Waals surface area contributed by atoms with Crippen LogP contribution < -0.4 is 0 Å². The Labute approximate surface area is 110 Å². The van der Waals surface area contributed by atoms with Crippen LogP contribution >= 0.6 is 0 Å². The summed E-state index contributed by atoms with van der Waals surface area (Å²) in [5.74, 6) is -7.80. The van der Waals surface area contributed by atoms with Crippen molar-refractivity contribution in [2.75, 3.05) is 6.54 Å². The third kappa shape index (κ3) is 2.41. The lowest BCUT2D eigenvalue weighted by Crippen LogP contribution is -2.53. The smallest absolute Gasteiger partial charge is 0.463 e. The molecule has 0 radical (unpaired) electrons. The number of phenols is 1. The third-order valence-corrected chi connectivity index (χ3v) is 3.11. The fraction of sp³-hybridized carbons (Fsp3) is 0.417. The minimum absolute atomic E-state index is 0.138. The number of halogens is 5. The minimum Gasteiger partial charge on any atom is -0.508 e. The van der Waals surface area contributed by atoms with E-state index in [4.69, 9.17) is 0 Å². The van der Waals surface area contributed by atoms with Gasteiger partial charge in [-0.2, -0.15) is 22.0 Å². The van der Waals surface area contributed by atoms with Gasteiger partial charge in [0.25, 0.3) is 0 Å².